The van der Waals surface area contributed by atoms with E-state index >= 15 is 0 Å². The highest BCUT2D eigenvalue weighted by atomic mass is 19.4. The smallest absolute Gasteiger partial charge is 0.438 e. The summed E-state index contributed by atoms with van der Waals surface area (Å²) in [6.45, 7) is -2.30. The number of rotatable bonds is 10. The molecule has 0 atom stereocenters. The van der Waals surface area contributed by atoms with Crippen molar-refractivity contribution in [1.29, 1.82) is 0 Å². The van der Waals surface area contributed by atoms with Crippen LogP contribution in [0.25, 0.3) is 0 Å². The number of hydrogen-bond donors (Lipinski definition) is 0. The Hall–Kier alpha value is -1.39. The minimum atomic E-state index is -9.09. The van der Waals surface area contributed by atoms with Crippen molar-refractivity contribution < 1.29 is 98.1 Å². The summed E-state index contributed by atoms with van der Waals surface area (Å²) in [5.41, 5.74) is -8.79. The van der Waals surface area contributed by atoms with Crippen molar-refractivity contribution >= 4 is 7.32 Å². The van der Waals surface area contributed by atoms with E-state index in [1.165, 1.54) is 0 Å². The van der Waals surface area contributed by atoms with Crippen molar-refractivity contribution in [3.05, 3.63) is 0 Å². The molecule has 0 saturated heterocycles. The molecule has 0 radical (unpaired) electrons. The Bertz CT molecular complexity index is 697. The first-order valence-electron chi connectivity index (χ1n) is 7.44. The van der Waals surface area contributed by atoms with Gasteiger partial charge in [-0.3, -0.25) is 0 Å². The van der Waals surface area contributed by atoms with Crippen LogP contribution >= 0.6 is 0 Å². The second-order valence-electron chi connectivity index (χ2n) is 6.14. The Morgan fingerprint density at radius 3 is 1.06 bits per heavy atom. The third kappa shape index (κ3) is 4.46. The molecule has 0 bridgehead atoms. The first kappa shape index (κ1) is 32.6. The van der Waals surface area contributed by atoms with E-state index in [1.807, 2.05) is 0 Å². The highest BCUT2D eigenvalue weighted by molar-refractivity contribution is 6.28. The molecule has 204 valence electrons. The molecule has 0 aromatic heterocycles. The minimum absolute atomic E-state index is 2.30. The van der Waals surface area contributed by atoms with Crippen molar-refractivity contribution in [3.63, 3.8) is 0 Å². The summed E-state index contributed by atoms with van der Waals surface area (Å²) in [5.74, 6) is -50.6. The molecule has 3 nitrogen and oxygen atoms in total. The number of halogens is 19. The van der Waals surface area contributed by atoms with E-state index in [1.54, 1.807) is 0 Å². The van der Waals surface area contributed by atoms with Gasteiger partial charge in [-0.1, -0.05) is 0 Å². The maximum Gasteiger partial charge on any atom is 0.438 e. The zero-order valence-electron chi connectivity index (χ0n) is 14.9. The van der Waals surface area contributed by atoms with Gasteiger partial charge in [0, 0.05) is 13.0 Å². The summed E-state index contributed by atoms with van der Waals surface area (Å²) in [7, 11) is -3.60. The summed E-state index contributed by atoms with van der Waals surface area (Å²) in [4.78, 5) is 0. The van der Waals surface area contributed by atoms with E-state index in [0.29, 0.717) is 0 Å². The number of hydrogen-bond acceptors (Lipinski definition) is 3. The van der Waals surface area contributed by atoms with Gasteiger partial charge in [-0.25, -0.2) is 4.39 Å². The lowest BCUT2D eigenvalue weighted by molar-refractivity contribution is -0.472. The largest absolute Gasteiger partial charge is 0.871 e. The number of alkyl halides is 19. The Morgan fingerprint density at radius 1 is 0.471 bits per heavy atom. The van der Waals surface area contributed by atoms with Crippen molar-refractivity contribution in [2.24, 2.45) is 0 Å². The molecule has 0 aliphatic rings. The summed E-state index contributed by atoms with van der Waals surface area (Å²) in [5, 5.41) is 19.7. The minimum Gasteiger partial charge on any atom is -0.871 e. The average molecular weight is 556 g/mol. The first-order chi connectivity index (χ1) is 14.4. The maximum atomic E-state index is 13.4. The van der Waals surface area contributed by atoms with Gasteiger partial charge in [0.2, 0.25) is 0 Å². The van der Waals surface area contributed by atoms with Crippen molar-refractivity contribution in [1.82, 2.24) is 0 Å². The molecule has 0 heterocycles. The fraction of sp³-hybridized carbons (Fsp3) is 1.00. The van der Waals surface area contributed by atoms with Crippen LogP contribution in [-0.2, 0) is 4.65 Å². The monoisotopic (exact) mass is 556 g/mol. The molecular weight excluding hydrogens is 552 g/mol. The lowest BCUT2D eigenvalue weighted by atomic mass is 9.83. The van der Waals surface area contributed by atoms with Gasteiger partial charge in [-0.2, -0.15) is 79.0 Å². The van der Waals surface area contributed by atoms with Gasteiger partial charge < -0.3 is 14.7 Å². The van der Waals surface area contributed by atoms with Crippen molar-refractivity contribution in [2.45, 2.75) is 60.0 Å². The van der Waals surface area contributed by atoms with E-state index in [-0.39, 0.29) is 0 Å². The summed E-state index contributed by atoms with van der Waals surface area (Å²) >= 11 is 0. The van der Waals surface area contributed by atoms with Crippen LogP contribution in [-0.4, -0.2) is 67.5 Å². The molecule has 0 saturated carbocycles. The van der Waals surface area contributed by atoms with E-state index < -0.39 is 73.9 Å². The Kier molecular flexibility index (Phi) is 8.27. The van der Waals surface area contributed by atoms with Crippen LogP contribution in [0.3, 0.4) is 0 Å². The molecule has 0 aromatic carbocycles. The van der Waals surface area contributed by atoms with Crippen LogP contribution in [0.1, 0.15) is 6.42 Å². The lowest BCUT2D eigenvalue weighted by Gasteiger charge is -2.45. The molecule has 0 rings (SSSR count). The van der Waals surface area contributed by atoms with Crippen LogP contribution < -0.4 is 10.0 Å². The Morgan fingerprint density at radius 2 is 0.765 bits per heavy atom. The molecule has 0 aliphatic heterocycles. The van der Waals surface area contributed by atoms with Gasteiger partial charge in [0.25, 0.3) is 0 Å². The molecule has 0 amide bonds. The van der Waals surface area contributed by atoms with Crippen LogP contribution in [0.15, 0.2) is 0 Å². The van der Waals surface area contributed by atoms with Crippen LogP contribution in [0.4, 0.5) is 83.4 Å². The highest BCUT2D eigenvalue weighted by Crippen LogP contribution is 2.66. The normalized spacial score (nSPS) is 16.1. The predicted molar refractivity (Wildman–Crippen MR) is 62.0 cm³/mol. The SMILES string of the molecule is [O-]B([O-])OCCC(F)(F)C(F)(F)C(F)(F)C(F)(F)C(F)(F)C(F)(F)C(F)(C(F)(F)F)C(F)(F)F. The second-order valence-corrected chi connectivity index (χ2v) is 6.14. The second kappa shape index (κ2) is 8.62. The van der Waals surface area contributed by atoms with Gasteiger partial charge in [0.15, 0.2) is 0 Å². The van der Waals surface area contributed by atoms with Crippen molar-refractivity contribution in [2.75, 3.05) is 6.61 Å². The lowest BCUT2D eigenvalue weighted by Crippen LogP contribution is -2.77. The maximum absolute atomic E-state index is 13.4. The van der Waals surface area contributed by atoms with Gasteiger partial charge in [-0.15, -0.1) is 0 Å². The zero-order valence-corrected chi connectivity index (χ0v) is 14.9. The quantitative estimate of drug-likeness (QED) is 0.305. The standard InChI is InChI=1S/C11H4BF19O3/c13-3(14,1-2-34-12(32)33)5(16,17)7(20,21)9(24,25)8(22,23)6(18,19)4(15,10(26,27)28)11(29,30)31/h1-2H2/q-2. The molecule has 0 aliphatic carbocycles. The summed E-state index contributed by atoms with van der Waals surface area (Å²) in [6.07, 6.45) is -19.8. The summed E-state index contributed by atoms with van der Waals surface area (Å²) < 4.78 is 250. The van der Waals surface area contributed by atoms with Crippen molar-refractivity contribution in [3.8, 4) is 0 Å². The first-order valence-corrected chi connectivity index (χ1v) is 7.44. The van der Waals surface area contributed by atoms with Crippen LogP contribution in [0, 0.1) is 0 Å². The molecular formula is C11H4BF19O3-2. The molecule has 0 spiro atoms. The zero-order chi connectivity index (χ0) is 28.2. The fourth-order valence-corrected chi connectivity index (χ4v) is 1.99. The topological polar surface area (TPSA) is 55.3 Å². The van der Waals surface area contributed by atoms with Gasteiger partial charge in [-0.05, 0) is 0 Å². The molecule has 23 heteroatoms. The Balaban J connectivity index is 6.82. The predicted octanol–water partition coefficient (Wildman–Crippen LogP) is 3.74. The van der Waals surface area contributed by atoms with E-state index in [0.717, 1.165) is 0 Å². The molecule has 0 unspecified atom stereocenters. The average Bonchev–Trinajstić information content (AvgIpc) is 2.57. The summed E-state index contributed by atoms with van der Waals surface area (Å²) in [6, 6.07) is 0. The van der Waals surface area contributed by atoms with Crippen LogP contribution in [0.2, 0.25) is 0 Å². The fourth-order valence-electron chi connectivity index (χ4n) is 1.99. The van der Waals surface area contributed by atoms with E-state index in [4.69, 9.17) is 0 Å². The van der Waals surface area contributed by atoms with Crippen LogP contribution in [0.5, 0.6) is 0 Å². The highest BCUT2D eigenvalue weighted by Gasteiger charge is 2.98. The molecule has 34 heavy (non-hydrogen) atoms. The van der Waals surface area contributed by atoms with E-state index in [9.17, 15) is 93.5 Å². The third-order valence-corrected chi connectivity index (χ3v) is 3.92. The van der Waals surface area contributed by atoms with Gasteiger partial charge in [0.05, 0.1) is 7.32 Å². The Labute approximate surface area is 173 Å². The van der Waals surface area contributed by atoms with Gasteiger partial charge in [0.1, 0.15) is 0 Å². The molecule has 0 aromatic rings. The molecule has 0 N–H and O–H groups in total. The third-order valence-electron chi connectivity index (χ3n) is 3.92. The van der Waals surface area contributed by atoms with E-state index in [2.05, 4.69) is 4.65 Å². The molecule has 0 fully saturated rings. The van der Waals surface area contributed by atoms with Gasteiger partial charge >= 0.3 is 53.6 Å².